The Morgan fingerprint density at radius 3 is 2.50 bits per heavy atom. The van der Waals surface area contributed by atoms with Gasteiger partial charge in [0.05, 0.1) is 4.34 Å². The highest BCUT2D eigenvalue weighted by molar-refractivity contribution is 7.16. The van der Waals surface area contributed by atoms with Crippen molar-refractivity contribution in [2.24, 2.45) is 0 Å². The molecule has 0 amide bonds. The predicted octanol–water partition coefficient (Wildman–Crippen LogP) is 2.17. The first-order valence-electron chi connectivity index (χ1n) is 2.07. The fourth-order valence-electron chi connectivity index (χ4n) is 0.409. The van der Waals surface area contributed by atoms with E-state index < -0.39 is 0 Å². The minimum atomic E-state index is 0.681. The maximum absolute atomic E-state index is 5.56. The van der Waals surface area contributed by atoms with Crippen LogP contribution in [0, 0.1) is 6.92 Å². The lowest BCUT2D eigenvalue weighted by molar-refractivity contribution is 1.80. The number of nitrogens with two attached hydrogens (primary N) is 1. The van der Waals surface area contributed by atoms with Gasteiger partial charge >= 0.3 is 0 Å². The Labute approximate surface area is 57.1 Å². The van der Waals surface area contributed by atoms with Gasteiger partial charge in [-0.3, -0.25) is 0 Å². The van der Waals surface area contributed by atoms with Crippen molar-refractivity contribution in [3.05, 3.63) is 22.2 Å². The largest absolute Gasteiger partial charge is 0.398 e. The van der Waals surface area contributed by atoms with Crippen LogP contribution in [-0.2, 0) is 0 Å². The van der Waals surface area contributed by atoms with Crippen molar-refractivity contribution < 1.29 is 0 Å². The van der Waals surface area contributed by atoms with Crippen LogP contribution in [0.5, 0.6) is 0 Å². The van der Waals surface area contributed by atoms with Gasteiger partial charge in [-0.1, -0.05) is 11.6 Å². The lowest BCUT2D eigenvalue weighted by Crippen LogP contribution is -1.79. The second-order valence-electron chi connectivity index (χ2n) is 1.43. The van der Waals surface area contributed by atoms with Crippen LogP contribution < -0.4 is 5.73 Å². The fourth-order valence-corrected chi connectivity index (χ4v) is 1.40. The number of anilines is 1. The zero-order chi connectivity index (χ0) is 6.15. The highest BCUT2D eigenvalue weighted by atomic mass is 35.5. The summed E-state index contributed by atoms with van der Waals surface area (Å²) in [6.45, 7) is 3.65. The van der Waals surface area contributed by atoms with Crippen LogP contribution in [0.2, 0.25) is 4.34 Å². The van der Waals surface area contributed by atoms with Gasteiger partial charge in [-0.25, -0.2) is 0 Å². The maximum atomic E-state index is 5.56. The molecule has 3 heteroatoms. The third-order valence-electron chi connectivity index (χ3n) is 0.812. The van der Waals surface area contributed by atoms with Gasteiger partial charge in [-0.15, -0.1) is 11.3 Å². The number of thiophene rings is 1. The smallest absolute Gasteiger partial charge is 0.0952 e. The van der Waals surface area contributed by atoms with Crippen molar-refractivity contribution in [3.63, 3.8) is 0 Å². The van der Waals surface area contributed by atoms with E-state index in [-0.39, 0.29) is 0 Å². The quantitative estimate of drug-likeness (QED) is 0.597. The number of nitrogen functional groups attached to an aromatic ring is 1. The molecule has 0 bridgehead atoms. The van der Waals surface area contributed by atoms with E-state index in [1.165, 1.54) is 11.3 Å². The van der Waals surface area contributed by atoms with Gasteiger partial charge in [0.1, 0.15) is 0 Å². The first-order valence-corrected chi connectivity index (χ1v) is 3.26. The molecule has 0 saturated heterocycles. The predicted molar refractivity (Wildman–Crippen MR) is 38.2 cm³/mol. The third-order valence-corrected chi connectivity index (χ3v) is 1.95. The first kappa shape index (κ1) is 5.92. The van der Waals surface area contributed by atoms with Crippen LogP contribution in [0.25, 0.3) is 0 Å². The Morgan fingerprint density at radius 1 is 1.75 bits per heavy atom. The van der Waals surface area contributed by atoms with Crippen LogP contribution in [0.15, 0.2) is 6.07 Å². The second kappa shape index (κ2) is 1.96. The van der Waals surface area contributed by atoms with Crippen LogP contribution in [0.3, 0.4) is 0 Å². The summed E-state index contributed by atoms with van der Waals surface area (Å²) in [7, 11) is 0. The highest BCUT2D eigenvalue weighted by Crippen LogP contribution is 2.26. The van der Waals surface area contributed by atoms with E-state index in [0.29, 0.717) is 10.0 Å². The first-order chi connectivity index (χ1) is 3.70. The van der Waals surface area contributed by atoms with E-state index in [1.54, 1.807) is 6.07 Å². The molecule has 0 aliphatic rings. The summed E-state index contributed by atoms with van der Waals surface area (Å²) in [5, 5.41) is 0. The van der Waals surface area contributed by atoms with Gasteiger partial charge in [0, 0.05) is 10.6 Å². The summed E-state index contributed by atoms with van der Waals surface area (Å²) < 4.78 is 0.701. The molecule has 1 aromatic rings. The zero-order valence-corrected chi connectivity index (χ0v) is 5.72. The average molecular weight is 147 g/mol. The molecule has 1 nitrogen and oxygen atoms in total. The van der Waals surface area contributed by atoms with Crippen LogP contribution in [-0.4, -0.2) is 0 Å². The van der Waals surface area contributed by atoms with Crippen LogP contribution in [0.4, 0.5) is 5.69 Å². The van der Waals surface area contributed by atoms with Crippen LogP contribution >= 0.6 is 22.9 Å². The van der Waals surface area contributed by atoms with Gasteiger partial charge in [-0.05, 0) is 13.0 Å². The fraction of sp³-hybridized carbons (Fsp3) is 0. The molecule has 1 heterocycles. The zero-order valence-electron chi connectivity index (χ0n) is 4.15. The van der Waals surface area contributed by atoms with E-state index >= 15 is 0 Å². The molecule has 0 aliphatic carbocycles. The van der Waals surface area contributed by atoms with Gasteiger partial charge in [-0.2, -0.15) is 0 Å². The molecule has 2 N–H and O–H groups in total. The van der Waals surface area contributed by atoms with Crippen molar-refractivity contribution in [1.29, 1.82) is 0 Å². The minimum absolute atomic E-state index is 0.681. The Kier molecular flexibility index (Phi) is 1.45. The Morgan fingerprint density at radius 2 is 2.38 bits per heavy atom. The van der Waals surface area contributed by atoms with Crippen molar-refractivity contribution in [2.75, 3.05) is 5.73 Å². The summed E-state index contributed by atoms with van der Waals surface area (Å²) in [5.41, 5.74) is 6.08. The van der Waals surface area contributed by atoms with Gasteiger partial charge in [0.15, 0.2) is 0 Å². The van der Waals surface area contributed by atoms with Crippen LogP contribution in [0.1, 0.15) is 4.88 Å². The Hall–Kier alpha value is -0.210. The number of halogens is 1. The molecule has 0 fully saturated rings. The molecule has 0 aromatic carbocycles. The summed E-state index contributed by atoms with van der Waals surface area (Å²) >= 11 is 6.96. The van der Waals surface area contributed by atoms with E-state index in [9.17, 15) is 0 Å². The lowest BCUT2D eigenvalue weighted by atomic mass is 10.4. The number of hydrogen-bond donors (Lipinski definition) is 1. The monoisotopic (exact) mass is 146 g/mol. The lowest BCUT2D eigenvalue weighted by Gasteiger charge is -1.80. The summed E-state index contributed by atoms with van der Waals surface area (Å²) in [5.74, 6) is 0. The molecule has 43 valence electrons. The standard InChI is InChI=1S/C5H5ClNS/c1-3-4(7)2-5(6)8-3/h2H,1,7H2. The highest BCUT2D eigenvalue weighted by Gasteiger charge is 1.96. The minimum Gasteiger partial charge on any atom is -0.398 e. The number of hydrogen-bond acceptors (Lipinski definition) is 2. The molecular formula is C5H5ClNS. The molecule has 1 aromatic heterocycles. The number of rotatable bonds is 0. The van der Waals surface area contributed by atoms with Gasteiger partial charge in [0.2, 0.25) is 0 Å². The van der Waals surface area contributed by atoms with E-state index in [0.717, 1.165) is 4.88 Å². The molecule has 1 radical (unpaired) electrons. The normalized spacial score (nSPS) is 9.75. The van der Waals surface area contributed by atoms with Gasteiger partial charge < -0.3 is 5.73 Å². The second-order valence-corrected chi connectivity index (χ2v) is 3.20. The molecule has 0 unspecified atom stereocenters. The summed E-state index contributed by atoms with van der Waals surface area (Å²) in [6.07, 6.45) is 0. The van der Waals surface area contributed by atoms with Crippen molar-refractivity contribution >= 4 is 28.6 Å². The third kappa shape index (κ3) is 0.956. The topological polar surface area (TPSA) is 26.0 Å². The van der Waals surface area contributed by atoms with E-state index in [1.807, 2.05) is 0 Å². The van der Waals surface area contributed by atoms with Crippen molar-refractivity contribution in [1.82, 2.24) is 0 Å². The molecular weight excluding hydrogens is 142 g/mol. The molecule has 0 saturated carbocycles. The average Bonchev–Trinajstić information content (AvgIpc) is 1.85. The van der Waals surface area contributed by atoms with Gasteiger partial charge in [0.25, 0.3) is 0 Å². The Balaban J connectivity index is 3.14. The van der Waals surface area contributed by atoms with Crippen molar-refractivity contribution in [3.8, 4) is 0 Å². The molecule has 8 heavy (non-hydrogen) atoms. The molecule has 1 rings (SSSR count). The summed E-state index contributed by atoms with van der Waals surface area (Å²) in [4.78, 5) is 0.843. The van der Waals surface area contributed by atoms with E-state index in [2.05, 4.69) is 6.92 Å². The van der Waals surface area contributed by atoms with Crippen molar-refractivity contribution in [2.45, 2.75) is 0 Å². The summed E-state index contributed by atoms with van der Waals surface area (Å²) in [6, 6.07) is 1.70. The maximum Gasteiger partial charge on any atom is 0.0952 e. The molecule has 0 aliphatic heterocycles. The Bertz CT molecular complexity index is 175. The van der Waals surface area contributed by atoms with E-state index in [4.69, 9.17) is 17.3 Å². The molecule has 0 spiro atoms. The molecule has 0 atom stereocenters. The SMILES string of the molecule is [CH2]c1sc(Cl)cc1N.